The number of halogens is 1. The Morgan fingerprint density at radius 3 is 2.79 bits per heavy atom. The van der Waals surface area contributed by atoms with E-state index in [-0.39, 0.29) is 24.1 Å². The van der Waals surface area contributed by atoms with Crippen molar-refractivity contribution in [1.29, 1.82) is 0 Å². The summed E-state index contributed by atoms with van der Waals surface area (Å²) in [7, 11) is 1.32. The van der Waals surface area contributed by atoms with Gasteiger partial charge in [0.05, 0.1) is 7.11 Å². The van der Waals surface area contributed by atoms with E-state index in [0.29, 0.717) is 18.5 Å². The van der Waals surface area contributed by atoms with Crippen LogP contribution >= 0.6 is 0 Å². The molecule has 5 heteroatoms. The summed E-state index contributed by atoms with van der Waals surface area (Å²) in [5.41, 5.74) is 0.354. The Hall–Kier alpha value is -2.17. The van der Waals surface area contributed by atoms with Crippen molar-refractivity contribution in [2.24, 2.45) is 0 Å². The maximum absolute atomic E-state index is 13.2. The number of esters is 1. The van der Waals surface area contributed by atoms with Crippen LogP contribution in [0.25, 0.3) is 6.08 Å². The van der Waals surface area contributed by atoms with E-state index >= 15 is 0 Å². The smallest absolute Gasteiger partial charge is 0.305 e. The lowest BCUT2D eigenvalue weighted by atomic mass is 10.2. The summed E-state index contributed by atoms with van der Waals surface area (Å²) in [6, 6.07) is 6.18. The summed E-state index contributed by atoms with van der Waals surface area (Å²) in [6.07, 6.45) is 3.43. The van der Waals surface area contributed by atoms with Crippen molar-refractivity contribution in [3.05, 3.63) is 41.7 Å². The van der Waals surface area contributed by atoms with E-state index in [1.54, 1.807) is 18.2 Å². The van der Waals surface area contributed by atoms with Crippen LogP contribution in [0, 0.1) is 5.82 Å². The number of rotatable bonds is 6. The third-order valence-electron chi connectivity index (χ3n) is 2.40. The van der Waals surface area contributed by atoms with Gasteiger partial charge >= 0.3 is 5.97 Å². The molecule has 0 saturated heterocycles. The number of nitrogens with one attached hydrogen (secondary N) is 1. The minimum Gasteiger partial charge on any atom is -0.469 e. The molecule has 1 aromatic rings. The van der Waals surface area contributed by atoms with Crippen LogP contribution < -0.4 is 5.32 Å². The van der Waals surface area contributed by atoms with E-state index in [2.05, 4.69) is 10.1 Å². The normalized spacial score (nSPS) is 10.4. The fourth-order valence-corrected chi connectivity index (χ4v) is 1.38. The Morgan fingerprint density at radius 1 is 1.37 bits per heavy atom. The van der Waals surface area contributed by atoms with Crippen molar-refractivity contribution >= 4 is 18.0 Å². The number of amides is 1. The van der Waals surface area contributed by atoms with Gasteiger partial charge < -0.3 is 10.1 Å². The molecule has 0 spiro atoms. The molecule has 1 aromatic carbocycles. The second-order valence-electron chi connectivity index (χ2n) is 3.83. The monoisotopic (exact) mass is 265 g/mol. The Bertz CT molecular complexity index is 472. The largest absolute Gasteiger partial charge is 0.469 e. The Labute approximate surface area is 111 Å². The maximum atomic E-state index is 13.2. The summed E-state index contributed by atoms with van der Waals surface area (Å²) >= 11 is 0. The molecule has 0 bridgehead atoms. The number of methoxy groups -OCH3 is 1. The van der Waals surface area contributed by atoms with Crippen molar-refractivity contribution in [2.75, 3.05) is 13.7 Å². The minimum absolute atomic E-state index is 0.258. The van der Waals surface area contributed by atoms with Crippen molar-refractivity contribution in [3.63, 3.8) is 0 Å². The highest BCUT2D eigenvalue weighted by Crippen LogP contribution is 2.07. The molecule has 0 atom stereocenters. The molecule has 0 saturated carbocycles. The van der Waals surface area contributed by atoms with E-state index in [0.717, 1.165) is 0 Å². The summed E-state index contributed by atoms with van der Waals surface area (Å²) in [6.45, 7) is 0.371. The van der Waals surface area contributed by atoms with Gasteiger partial charge in [0.2, 0.25) is 5.91 Å². The first kappa shape index (κ1) is 14.9. The average molecular weight is 265 g/mol. The van der Waals surface area contributed by atoms with Crippen LogP contribution in [-0.2, 0) is 14.3 Å². The van der Waals surface area contributed by atoms with Crippen LogP contribution in [0.1, 0.15) is 18.4 Å². The molecule has 0 radical (unpaired) electrons. The fourth-order valence-electron chi connectivity index (χ4n) is 1.38. The van der Waals surface area contributed by atoms with Gasteiger partial charge in [-0.15, -0.1) is 0 Å². The molecule has 0 aromatic heterocycles. The summed E-state index contributed by atoms with van der Waals surface area (Å²) < 4.78 is 17.7. The Morgan fingerprint density at radius 2 is 2.11 bits per heavy atom. The third-order valence-corrected chi connectivity index (χ3v) is 2.40. The SMILES string of the molecule is COC(=O)CCCNC(=O)/C=C/c1ccccc1F. The molecule has 0 aliphatic rings. The highest BCUT2D eigenvalue weighted by molar-refractivity contribution is 5.91. The zero-order valence-corrected chi connectivity index (χ0v) is 10.7. The van der Waals surface area contributed by atoms with Gasteiger partial charge in [-0.3, -0.25) is 9.59 Å². The maximum Gasteiger partial charge on any atom is 0.305 e. The highest BCUT2D eigenvalue weighted by atomic mass is 19.1. The lowest BCUT2D eigenvalue weighted by molar-refractivity contribution is -0.140. The van der Waals surface area contributed by atoms with Gasteiger partial charge in [0.1, 0.15) is 5.82 Å². The van der Waals surface area contributed by atoms with Crippen LogP contribution in [0.2, 0.25) is 0 Å². The molecule has 1 N–H and O–H groups in total. The van der Waals surface area contributed by atoms with Crippen LogP contribution in [0.4, 0.5) is 4.39 Å². The molecule has 1 rings (SSSR count). The number of benzene rings is 1. The zero-order valence-electron chi connectivity index (χ0n) is 10.7. The standard InChI is InChI=1S/C14H16FNO3/c1-19-14(18)7-4-10-16-13(17)9-8-11-5-2-3-6-12(11)15/h2-3,5-6,8-9H,4,7,10H2,1H3,(H,16,17)/b9-8+. The molecular weight excluding hydrogens is 249 g/mol. The van der Waals surface area contributed by atoms with Crippen LogP contribution in [0.5, 0.6) is 0 Å². The van der Waals surface area contributed by atoms with Gasteiger partial charge in [0.25, 0.3) is 0 Å². The molecular formula is C14H16FNO3. The van der Waals surface area contributed by atoms with Gasteiger partial charge in [-0.25, -0.2) is 4.39 Å². The predicted octanol–water partition coefficient (Wildman–Crippen LogP) is 1.91. The first-order valence-electron chi connectivity index (χ1n) is 5.90. The molecule has 0 unspecified atom stereocenters. The topological polar surface area (TPSA) is 55.4 Å². The van der Waals surface area contributed by atoms with Gasteiger partial charge in [-0.2, -0.15) is 0 Å². The second-order valence-corrected chi connectivity index (χ2v) is 3.83. The number of hydrogen-bond donors (Lipinski definition) is 1. The molecule has 1 amide bonds. The third kappa shape index (κ3) is 5.81. The van der Waals surface area contributed by atoms with E-state index < -0.39 is 0 Å². The average Bonchev–Trinajstić information content (AvgIpc) is 2.42. The molecule has 0 aliphatic heterocycles. The molecule has 0 aliphatic carbocycles. The lowest BCUT2D eigenvalue weighted by Gasteiger charge is -2.01. The van der Waals surface area contributed by atoms with Crippen molar-refractivity contribution < 1.29 is 18.7 Å². The number of hydrogen-bond acceptors (Lipinski definition) is 3. The molecule has 0 heterocycles. The molecule has 0 fully saturated rings. The van der Waals surface area contributed by atoms with Gasteiger partial charge in [0, 0.05) is 24.6 Å². The minimum atomic E-state index is -0.378. The predicted molar refractivity (Wildman–Crippen MR) is 69.7 cm³/mol. The lowest BCUT2D eigenvalue weighted by Crippen LogP contribution is -2.22. The number of carbonyl (C=O) groups excluding carboxylic acids is 2. The Kier molecular flexibility index (Phi) is 6.29. The van der Waals surface area contributed by atoms with Crippen molar-refractivity contribution in [1.82, 2.24) is 5.32 Å². The summed E-state index contributed by atoms with van der Waals surface area (Å²) in [5.74, 6) is -1.01. The zero-order chi connectivity index (χ0) is 14.1. The molecule has 102 valence electrons. The van der Waals surface area contributed by atoms with E-state index in [1.807, 2.05) is 0 Å². The van der Waals surface area contributed by atoms with Crippen molar-refractivity contribution in [2.45, 2.75) is 12.8 Å². The van der Waals surface area contributed by atoms with E-state index in [1.165, 1.54) is 25.3 Å². The van der Waals surface area contributed by atoms with Crippen molar-refractivity contribution in [3.8, 4) is 0 Å². The fraction of sp³-hybridized carbons (Fsp3) is 0.286. The quantitative estimate of drug-likeness (QED) is 0.485. The van der Waals surface area contributed by atoms with Crippen LogP contribution in [0.15, 0.2) is 30.3 Å². The highest BCUT2D eigenvalue weighted by Gasteiger charge is 2.01. The van der Waals surface area contributed by atoms with E-state index in [4.69, 9.17) is 0 Å². The summed E-state index contributed by atoms with van der Waals surface area (Å²) in [4.78, 5) is 22.2. The molecule has 19 heavy (non-hydrogen) atoms. The number of ether oxygens (including phenoxy) is 1. The van der Waals surface area contributed by atoms with Gasteiger partial charge in [-0.05, 0) is 18.6 Å². The van der Waals surface area contributed by atoms with Gasteiger partial charge in [0.15, 0.2) is 0 Å². The van der Waals surface area contributed by atoms with Crippen LogP contribution in [-0.4, -0.2) is 25.5 Å². The van der Waals surface area contributed by atoms with E-state index in [9.17, 15) is 14.0 Å². The Balaban J connectivity index is 2.32. The van der Waals surface area contributed by atoms with Gasteiger partial charge in [-0.1, -0.05) is 18.2 Å². The molecule has 4 nitrogen and oxygen atoms in total. The van der Waals surface area contributed by atoms with Crippen LogP contribution in [0.3, 0.4) is 0 Å². The number of carbonyl (C=O) groups is 2. The summed E-state index contributed by atoms with van der Waals surface area (Å²) in [5, 5.41) is 2.60. The second kappa shape index (κ2) is 8.02. The first-order chi connectivity index (χ1) is 9.13. The first-order valence-corrected chi connectivity index (χ1v) is 5.90.